The van der Waals surface area contributed by atoms with E-state index >= 15 is 0 Å². The zero-order chi connectivity index (χ0) is 9.07. The molecule has 0 aromatic rings. The Morgan fingerprint density at radius 3 is 2.36 bits per heavy atom. The van der Waals surface area contributed by atoms with Gasteiger partial charge in [0.15, 0.2) is 6.23 Å². The molecule has 11 heavy (non-hydrogen) atoms. The predicted molar refractivity (Wildman–Crippen MR) is 43.7 cm³/mol. The highest BCUT2D eigenvalue weighted by molar-refractivity contribution is 5.81. The highest BCUT2D eigenvalue weighted by atomic mass is 16.6. The number of nitrogens with two attached hydrogens (primary N) is 1. The van der Waals surface area contributed by atoms with Crippen molar-refractivity contribution in [1.29, 1.82) is 0 Å². The van der Waals surface area contributed by atoms with Crippen LogP contribution in [-0.2, 0) is 9.53 Å². The zero-order valence-electron chi connectivity index (χ0n) is 7.26. The fraction of sp³-hybridized carbons (Fsp3) is 0.625. The van der Waals surface area contributed by atoms with Gasteiger partial charge in [0.1, 0.15) is 0 Å². The van der Waals surface area contributed by atoms with Gasteiger partial charge in [0.2, 0.25) is 0 Å². The third-order valence-electron chi connectivity index (χ3n) is 1.26. The van der Waals surface area contributed by atoms with Gasteiger partial charge >= 0.3 is 5.97 Å². The lowest BCUT2D eigenvalue weighted by atomic mass is 9.95. The maximum Gasteiger partial charge on any atom is 0.331 e. The van der Waals surface area contributed by atoms with E-state index in [0.717, 1.165) is 6.08 Å². The summed E-state index contributed by atoms with van der Waals surface area (Å²) in [7, 11) is 0. The van der Waals surface area contributed by atoms with E-state index in [2.05, 4.69) is 6.58 Å². The molecule has 3 nitrogen and oxygen atoms in total. The highest BCUT2D eigenvalue weighted by Gasteiger charge is 2.23. The maximum absolute atomic E-state index is 10.6. The first-order chi connectivity index (χ1) is 4.88. The van der Waals surface area contributed by atoms with Crippen molar-refractivity contribution in [3.63, 3.8) is 0 Å². The molecule has 0 aliphatic carbocycles. The van der Waals surface area contributed by atoms with E-state index in [1.54, 1.807) is 0 Å². The number of hydrogen-bond acceptors (Lipinski definition) is 3. The summed E-state index contributed by atoms with van der Waals surface area (Å²) in [6.07, 6.45) is 0.527. The summed E-state index contributed by atoms with van der Waals surface area (Å²) >= 11 is 0. The lowest BCUT2D eigenvalue weighted by molar-refractivity contribution is -0.148. The molecule has 0 aromatic heterocycles. The molecular formula is C8H15NO2. The number of ether oxygens (including phenoxy) is 1. The van der Waals surface area contributed by atoms with Crippen LogP contribution in [0, 0.1) is 5.41 Å². The highest BCUT2D eigenvalue weighted by Crippen LogP contribution is 2.17. The molecule has 3 heteroatoms. The zero-order valence-corrected chi connectivity index (χ0v) is 7.26. The van der Waals surface area contributed by atoms with Crippen molar-refractivity contribution in [2.45, 2.75) is 27.0 Å². The van der Waals surface area contributed by atoms with Crippen LogP contribution in [0.15, 0.2) is 12.7 Å². The number of carbonyl (C=O) groups excluding carboxylic acids is 1. The molecule has 0 rings (SSSR count). The summed E-state index contributed by atoms with van der Waals surface area (Å²) < 4.78 is 4.78. The number of carbonyl (C=O) groups is 1. The Morgan fingerprint density at radius 2 is 2.09 bits per heavy atom. The van der Waals surface area contributed by atoms with Crippen molar-refractivity contribution in [3.8, 4) is 0 Å². The average Bonchev–Trinajstić information content (AvgIpc) is 1.85. The summed E-state index contributed by atoms with van der Waals surface area (Å²) in [6, 6.07) is 0. The van der Waals surface area contributed by atoms with Crippen LogP contribution in [-0.4, -0.2) is 12.2 Å². The van der Waals surface area contributed by atoms with Gasteiger partial charge in [-0.1, -0.05) is 27.4 Å². The van der Waals surface area contributed by atoms with Gasteiger partial charge in [-0.2, -0.15) is 0 Å². The largest absolute Gasteiger partial charge is 0.443 e. The Balaban J connectivity index is 3.97. The smallest absolute Gasteiger partial charge is 0.331 e. The van der Waals surface area contributed by atoms with E-state index in [0.29, 0.717) is 0 Å². The van der Waals surface area contributed by atoms with Crippen molar-refractivity contribution in [2.24, 2.45) is 11.1 Å². The Hall–Kier alpha value is -0.830. The first-order valence-corrected chi connectivity index (χ1v) is 3.46. The first-order valence-electron chi connectivity index (χ1n) is 3.46. The molecule has 0 aliphatic heterocycles. The monoisotopic (exact) mass is 157 g/mol. The molecule has 0 bridgehead atoms. The van der Waals surface area contributed by atoms with Crippen LogP contribution < -0.4 is 5.73 Å². The van der Waals surface area contributed by atoms with E-state index in [9.17, 15) is 4.79 Å². The minimum Gasteiger partial charge on any atom is -0.443 e. The van der Waals surface area contributed by atoms with Crippen LogP contribution in [0.1, 0.15) is 20.8 Å². The van der Waals surface area contributed by atoms with Crippen molar-refractivity contribution in [1.82, 2.24) is 0 Å². The molecule has 0 saturated heterocycles. The van der Waals surface area contributed by atoms with Gasteiger partial charge in [0.25, 0.3) is 0 Å². The van der Waals surface area contributed by atoms with E-state index in [-0.39, 0.29) is 5.41 Å². The molecule has 0 aromatic carbocycles. The van der Waals surface area contributed by atoms with Gasteiger partial charge in [0.05, 0.1) is 0 Å². The van der Waals surface area contributed by atoms with E-state index in [4.69, 9.17) is 10.5 Å². The van der Waals surface area contributed by atoms with Crippen molar-refractivity contribution in [3.05, 3.63) is 12.7 Å². The van der Waals surface area contributed by atoms with Gasteiger partial charge in [-0.15, -0.1) is 0 Å². The van der Waals surface area contributed by atoms with Crippen LogP contribution in [0.2, 0.25) is 0 Å². The van der Waals surface area contributed by atoms with Crippen LogP contribution in [0.4, 0.5) is 0 Å². The minimum absolute atomic E-state index is 0.224. The molecule has 0 amide bonds. The van der Waals surface area contributed by atoms with Crippen LogP contribution in [0.25, 0.3) is 0 Å². The first kappa shape index (κ1) is 10.2. The van der Waals surface area contributed by atoms with E-state index in [1.165, 1.54) is 0 Å². The lowest BCUT2D eigenvalue weighted by Crippen LogP contribution is -2.38. The standard InChI is InChI=1S/C8H15NO2/c1-5-6(10)11-7(9)8(2,3)4/h5,7H,1,9H2,2-4H3. The van der Waals surface area contributed by atoms with Gasteiger partial charge < -0.3 is 4.74 Å². The van der Waals surface area contributed by atoms with Crippen molar-refractivity contribution >= 4 is 5.97 Å². The second-order valence-corrected chi connectivity index (χ2v) is 3.43. The third-order valence-corrected chi connectivity index (χ3v) is 1.26. The summed E-state index contributed by atoms with van der Waals surface area (Å²) in [6.45, 7) is 8.96. The SMILES string of the molecule is C=CC(=O)OC(N)C(C)(C)C. The normalized spacial score (nSPS) is 13.8. The Bertz CT molecular complexity index is 158. The Morgan fingerprint density at radius 1 is 1.64 bits per heavy atom. The van der Waals surface area contributed by atoms with Crippen molar-refractivity contribution < 1.29 is 9.53 Å². The molecule has 1 atom stereocenters. The summed E-state index contributed by atoms with van der Waals surface area (Å²) in [5.41, 5.74) is 5.31. The summed E-state index contributed by atoms with van der Waals surface area (Å²) in [5, 5.41) is 0. The average molecular weight is 157 g/mol. The predicted octanol–water partition coefficient (Wildman–Crippen LogP) is 1.05. The molecule has 2 N–H and O–H groups in total. The van der Waals surface area contributed by atoms with Crippen LogP contribution >= 0.6 is 0 Å². The van der Waals surface area contributed by atoms with Crippen molar-refractivity contribution in [2.75, 3.05) is 0 Å². The maximum atomic E-state index is 10.6. The van der Waals surface area contributed by atoms with Crippen LogP contribution in [0.5, 0.6) is 0 Å². The minimum atomic E-state index is -0.576. The molecule has 0 heterocycles. The van der Waals surface area contributed by atoms with E-state index in [1.807, 2.05) is 20.8 Å². The number of hydrogen-bond donors (Lipinski definition) is 1. The van der Waals surface area contributed by atoms with Gasteiger partial charge in [-0.05, 0) is 0 Å². The molecular weight excluding hydrogens is 142 g/mol. The molecule has 0 aliphatic rings. The van der Waals surface area contributed by atoms with E-state index < -0.39 is 12.2 Å². The van der Waals surface area contributed by atoms with Crippen LogP contribution in [0.3, 0.4) is 0 Å². The van der Waals surface area contributed by atoms with Gasteiger partial charge in [-0.25, -0.2) is 4.79 Å². The molecule has 1 unspecified atom stereocenters. The summed E-state index contributed by atoms with van der Waals surface area (Å²) in [4.78, 5) is 10.6. The second-order valence-electron chi connectivity index (χ2n) is 3.43. The Labute approximate surface area is 67.2 Å². The van der Waals surface area contributed by atoms with Gasteiger partial charge in [0, 0.05) is 11.5 Å². The van der Waals surface area contributed by atoms with Gasteiger partial charge in [-0.3, -0.25) is 5.73 Å². The Kier molecular flexibility index (Phi) is 3.26. The fourth-order valence-corrected chi connectivity index (χ4v) is 0.350. The molecule has 0 radical (unpaired) electrons. The fourth-order valence-electron chi connectivity index (χ4n) is 0.350. The molecule has 0 saturated carbocycles. The molecule has 64 valence electrons. The quantitative estimate of drug-likeness (QED) is 0.370. The molecule has 0 spiro atoms. The third kappa shape index (κ3) is 3.78. The molecule has 0 fully saturated rings. The number of rotatable bonds is 2. The lowest BCUT2D eigenvalue weighted by Gasteiger charge is -2.25. The summed E-state index contributed by atoms with van der Waals surface area (Å²) in [5.74, 6) is -0.479. The number of esters is 1. The topological polar surface area (TPSA) is 52.3 Å². The second kappa shape index (κ2) is 3.53.